The smallest absolute Gasteiger partial charge is 0.343 e. The Hall–Kier alpha value is -4.08. The highest BCUT2D eigenvalue weighted by atomic mass is 19.1. The number of benzene rings is 2. The van der Waals surface area contributed by atoms with Crippen molar-refractivity contribution in [2.45, 2.75) is 64.4 Å². The minimum atomic E-state index is -1.91. The summed E-state index contributed by atoms with van der Waals surface area (Å²) in [5.41, 5.74) is 11.2. The van der Waals surface area contributed by atoms with E-state index in [1.807, 2.05) is 24.3 Å². The van der Waals surface area contributed by atoms with Gasteiger partial charge in [-0.05, 0) is 66.6 Å². The summed E-state index contributed by atoms with van der Waals surface area (Å²) >= 11 is 0. The van der Waals surface area contributed by atoms with Gasteiger partial charge >= 0.3 is 5.97 Å². The number of cyclic esters (lactones) is 1. The van der Waals surface area contributed by atoms with Gasteiger partial charge in [-0.2, -0.15) is 0 Å². The molecule has 0 fully saturated rings. The Morgan fingerprint density at radius 3 is 2.83 bits per heavy atom. The Kier molecular flexibility index (Phi) is 5.43. The van der Waals surface area contributed by atoms with Crippen LogP contribution in [0.3, 0.4) is 0 Å². The summed E-state index contributed by atoms with van der Waals surface area (Å²) in [5.74, 6) is -1.08. The zero-order valence-corrected chi connectivity index (χ0v) is 22.3. The lowest BCUT2D eigenvalue weighted by Gasteiger charge is -2.31. The number of ether oxygens (including phenoxy) is 1. The molecule has 3 aliphatic rings. The first-order valence-corrected chi connectivity index (χ1v) is 13.6. The quantitative estimate of drug-likeness (QED) is 0.294. The second kappa shape index (κ2) is 8.71. The van der Waals surface area contributed by atoms with Crippen LogP contribution >= 0.6 is 0 Å². The number of halogens is 1. The number of fused-ring (bicyclic) bond motifs is 5. The number of hydrogen-bond acceptors (Lipinski definition) is 7. The zero-order valence-electron chi connectivity index (χ0n) is 22.3. The van der Waals surface area contributed by atoms with Crippen molar-refractivity contribution in [3.8, 4) is 11.4 Å². The Balaban J connectivity index is 1.48. The van der Waals surface area contributed by atoms with Crippen molar-refractivity contribution >= 4 is 22.6 Å². The molecule has 0 spiro atoms. The van der Waals surface area contributed by atoms with Crippen LogP contribution in [0, 0.1) is 12.7 Å². The number of esters is 1. The van der Waals surface area contributed by atoms with Crippen LogP contribution in [0.2, 0.25) is 0 Å². The van der Waals surface area contributed by atoms with Crippen molar-refractivity contribution in [1.82, 2.24) is 9.55 Å². The molecule has 2 aromatic carbocycles. The molecular weight excluding hydrogens is 511 g/mol. The number of hydrogen-bond donors (Lipinski definition) is 3. The molecule has 0 saturated carbocycles. The van der Waals surface area contributed by atoms with E-state index < -0.39 is 11.6 Å². The second-order valence-corrected chi connectivity index (χ2v) is 11.0. The highest BCUT2D eigenvalue weighted by Gasteiger charge is 2.46. The summed E-state index contributed by atoms with van der Waals surface area (Å²) in [6.07, 6.45) is 1.48. The number of nitrogens with one attached hydrogen (secondary N) is 1. The minimum absolute atomic E-state index is 0.0622. The highest BCUT2D eigenvalue weighted by molar-refractivity contribution is 5.93. The third kappa shape index (κ3) is 3.34. The summed E-state index contributed by atoms with van der Waals surface area (Å²) in [5, 5.41) is 15.8. The van der Waals surface area contributed by atoms with Gasteiger partial charge in [0.2, 0.25) is 0 Å². The maximum Gasteiger partial charge on any atom is 0.343 e. The molecular formula is C31H29FN4O4. The molecule has 2 aliphatic heterocycles. The van der Waals surface area contributed by atoms with E-state index in [0.717, 1.165) is 39.7 Å². The average Bonchev–Trinajstić information content (AvgIpc) is 3.33. The fourth-order valence-electron chi connectivity index (χ4n) is 6.69. The number of carbonyl (C=O) groups is 1. The Morgan fingerprint density at radius 2 is 2.05 bits per heavy atom. The van der Waals surface area contributed by atoms with E-state index in [-0.39, 0.29) is 48.1 Å². The van der Waals surface area contributed by atoms with E-state index in [1.165, 1.54) is 6.07 Å². The number of nitrogens with two attached hydrogens (primary N) is 1. The minimum Gasteiger partial charge on any atom is -0.458 e. The first kappa shape index (κ1) is 24.9. The van der Waals surface area contributed by atoms with Crippen molar-refractivity contribution in [2.75, 3.05) is 5.32 Å². The molecule has 0 bridgehead atoms. The van der Waals surface area contributed by atoms with E-state index in [9.17, 15) is 14.7 Å². The third-order valence-electron chi connectivity index (χ3n) is 8.88. The van der Waals surface area contributed by atoms with Gasteiger partial charge in [-0.1, -0.05) is 19.1 Å². The Bertz CT molecular complexity index is 1830. The number of anilines is 1. The van der Waals surface area contributed by atoms with Crippen LogP contribution < -0.4 is 16.6 Å². The van der Waals surface area contributed by atoms with E-state index >= 15 is 4.39 Å². The van der Waals surface area contributed by atoms with Crippen LogP contribution in [0.15, 0.2) is 41.2 Å². The van der Waals surface area contributed by atoms with Gasteiger partial charge < -0.3 is 25.5 Å². The molecule has 40 heavy (non-hydrogen) atoms. The molecule has 204 valence electrons. The van der Waals surface area contributed by atoms with E-state index in [0.29, 0.717) is 35.4 Å². The summed E-state index contributed by atoms with van der Waals surface area (Å²) in [6.45, 7) is 3.99. The Morgan fingerprint density at radius 1 is 1.23 bits per heavy atom. The summed E-state index contributed by atoms with van der Waals surface area (Å²) < 4.78 is 21.9. The van der Waals surface area contributed by atoms with Gasteiger partial charge in [-0.15, -0.1) is 0 Å². The molecule has 7 rings (SSSR count). The average molecular weight is 541 g/mol. The zero-order chi connectivity index (χ0) is 27.9. The van der Waals surface area contributed by atoms with Crippen molar-refractivity contribution in [3.05, 3.63) is 91.5 Å². The van der Waals surface area contributed by atoms with E-state index in [1.54, 1.807) is 24.5 Å². The molecule has 4 heterocycles. The SMILES string of the molecule is CCC1(O)C(=O)OCc2c1cc1n(c2=O)Cc2c-1nc1cc(F)c(C)c3c1c2C(Nc1cccc(CN)c1)CC3. The lowest BCUT2D eigenvalue weighted by Crippen LogP contribution is -2.44. The first-order chi connectivity index (χ1) is 19.2. The third-order valence-corrected chi connectivity index (χ3v) is 8.88. The van der Waals surface area contributed by atoms with E-state index in [4.69, 9.17) is 15.5 Å². The molecule has 8 nitrogen and oxygen atoms in total. The Labute approximate surface area is 229 Å². The number of aryl methyl sites for hydroxylation is 1. The van der Waals surface area contributed by atoms with Gasteiger partial charge in [0.15, 0.2) is 5.60 Å². The number of aliphatic hydroxyl groups is 1. The van der Waals surface area contributed by atoms with Crippen LogP contribution in [0.25, 0.3) is 22.3 Å². The van der Waals surface area contributed by atoms with Gasteiger partial charge in [0.1, 0.15) is 12.4 Å². The molecule has 0 saturated heterocycles. The standard InChI is InChI=1S/C31H29FN4O4/c1-3-31(39)21-10-25-28-19(13-36(25)29(37)20(21)14-40-30(31)38)27-23(34-17-6-4-5-16(9-17)12-33)8-7-18-15(2)22(32)11-24(35-28)26(18)27/h4-6,9-11,23,34,39H,3,7-8,12-14,33H2,1-2H3. The summed E-state index contributed by atoms with van der Waals surface area (Å²) in [7, 11) is 0. The van der Waals surface area contributed by atoms with Crippen LogP contribution in [0.1, 0.15) is 64.8 Å². The molecule has 1 aliphatic carbocycles. The molecule has 2 aromatic heterocycles. The van der Waals surface area contributed by atoms with Crippen LogP contribution in [0.4, 0.5) is 10.1 Å². The van der Waals surface area contributed by atoms with Crippen molar-refractivity contribution < 1.29 is 19.0 Å². The van der Waals surface area contributed by atoms with Crippen LogP contribution in [-0.2, 0) is 41.2 Å². The van der Waals surface area contributed by atoms with Gasteiger partial charge in [-0.3, -0.25) is 4.79 Å². The van der Waals surface area contributed by atoms with Crippen molar-refractivity contribution in [1.29, 1.82) is 0 Å². The monoisotopic (exact) mass is 540 g/mol. The molecule has 4 N–H and O–H groups in total. The predicted octanol–water partition coefficient (Wildman–Crippen LogP) is 4.09. The number of aromatic nitrogens is 2. The molecule has 4 aromatic rings. The summed E-state index contributed by atoms with van der Waals surface area (Å²) in [6, 6.07) is 11.0. The topological polar surface area (TPSA) is 119 Å². The number of pyridine rings is 2. The van der Waals surface area contributed by atoms with Crippen molar-refractivity contribution in [3.63, 3.8) is 0 Å². The fourth-order valence-corrected chi connectivity index (χ4v) is 6.69. The largest absolute Gasteiger partial charge is 0.458 e. The van der Waals surface area contributed by atoms with Crippen LogP contribution in [-0.4, -0.2) is 20.6 Å². The lowest BCUT2D eigenvalue weighted by atomic mass is 9.81. The predicted molar refractivity (Wildman–Crippen MR) is 148 cm³/mol. The summed E-state index contributed by atoms with van der Waals surface area (Å²) in [4.78, 5) is 31.2. The number of rotatable bonds is 4. The van der Waals surface area contributed by atoms with Crippen LogP contribution in [0.5, 0.6) is 0 Å². The number of carbonyl (C=O) groups excluding carboxylic acids is 1. The highest BCUT2D eigenvalue weighted by Crippen LogP contribution is 2.46. The first-order valence-electron chi connectivity index (χ1n) is 13.6. The normalized spacial score (nSPS) is 20.6. The van der Waals surface area contributed by atoms with Gasteiger partial charge in [0.25, 0.3) is 5.56 Å². The molecule has 0 amide bonds. The number of nitrogens with zero attached hydrogens (tertiary/aromatic N) is 2. The maximum atomic E-state index is 15.1. The maximum absolute atomic E-state index is 15.1. The molecule has 9 heteroatoms. The van der Waals surface area contributed by atoms with Gasteiger partial charge in [0, 0.05) is 34.8 Å². The molecule has 2 atom stereocenters. The van der Waals surface area contributed by atoms with Crippen molar-refractivity contribution in [2.24, 2.45) is 5.73 Å². The lowest BCUT2D eigenvalue weighted by molar-refractivity contribution is -0.172. The fraction of sp³-hybridized carbons (Fsp3) is 0.323. The molecule has 0 radical (unpaired) electrons. The van der Waals surface area contributed by atoms with Gasteiger partial charge in [-0.25, -0.2) is 14.2 Å². The molecule has 2 unspecified atom stereocenters. The van der Waals surface area contributed by atoms with E-state index in [2.05, 4.69) is 5.32 Å². The van der Waals surface area contributed by atoms with Gasteiger partial charge in [0.05, 0.1) is 35.1 Å². The second-order valence-electron chi connectivity index (χ2n) is 11.0.